The first kappa shape index (κ1) is 19.0. The maximum absolute atomic E-state index is 13.0. The predicted octanol–water partition coefficient (Wildman–Crippen LogP) is 5.31. The molecule has 3 aromatic rings. The van der Waals surface area contributed by atoms with Gasteiger partial charge in [-0.25, -0.2) is 0 Å². The highest BCUT2D eigenvalue weighted by Gasteiger charge is 2.31. The summed E-state index contributed by atoms with van der Waals surface area (Å²) in [6.07, 6.45) is -4.26. The molecular weight excluding hydrogens is 351 g/mol. The lowest BCUT2D eigenvalue weighted by Crippen LogP contribution is -2.29. The number of fused-ring (bicyclic) bond motifs is 1. The van der Waals surface area contributed by atoms with Crippen LogP contribution in [-0.4, -0.2) is 5.91 Å². The van der Waals surface area contributed by atoms with Crippen molar-refractivity contribution in [3.8, 4) is 0 Å². The molecule has 0 spiro atoms. The molecule has 0 bridgehead atoms. The molecule has 1 amide bonds. The van der Waals surface area contributed by atoms with Crippen LogP contribution in [0, 0.1) is 5.92 Å². The van der Waals surface area contributed by atoms with Gasteiger partial charge in [-0.05, 0) is 40.3 Å². The van der Waals surface area contributed by atoms with Gasteiger partial charge in [0.1, 0.15) is 0 Å². The summed E-state index contributed by atoms with van der Waals surface area (Å²) in [6.45, 7) is 1.89. The van der Waals surface area contributed by atoms with Gasteiger partial charge >= 0.3 is 6.18 Å². The Hall–Kier alpha value is -2.82. The molecule has 1 unspecified atom stereocenters. The molecule has 27 heavy (non-hydrogen) atoms. The number of primary amides is 1. The van der Waals surface area contributed by atoms with Gasteiger partial charge in [-0.1, -0.05) is 67.6 Å². The topological polar surface area (TPSA) is 43.1 Å². The zero-order valence-corrected chi connectivity index (χ0v) is 14.8. The number of amides is 1. The first-order chi connectivity index (χ1) is 12.8. The predicted molar refractivity (Wildman–Crippen MR) is 100 cm³/mol. The van der Waals surface area contributed by atoms with Gasteiger partial charge in [0.15, 0.2) is 0 Å². The highest BCUT2D eigenvalue weighted by atomic mass is 19.4. The summed E-state index contributed by atoms with van der Waals surface area (Å²) in [5.41, 5.74) is 6.32. The molecule has 0 aliphatic rings. The average molecular weight is 371 g/mol. The van der Waals surface area contributed by atoms with Crippen LogP contribution in [0.5, 0.6) is 0 Å². The third kappa shape index (κ3) is 4.13. The molecule has 140 valence electrons. The molecule has 0 heterocycles. The second-order valence-corrected chi connectivity index (χ2v) is 6.77. The summed E-state index contributed by atoms with van der Waals surface area (Å²) in [5, 5.41) is 2.06. The minimum absolute atomic E-state index is 0.156. The molecule has 0 saturated heterocycles. The summed E-state index contributed by atoms with van der Waals surface area (Å²) in [4.78, 5) is 12.1. The van der Waals surface area contributed by atoms with Crippen LogP contribution in [0.2, 0.25) is 0 Å². The largest absolute Gasteiger partial charge is 0.416 e. The molecule has 5 heteroatoms. The molecule has 2 atom stereocenters. The van der Waals surface area contributed by atoms with Crippen molar-refractivity contribution < 1.29 is 18.0 Å². The van der Waals surface area contributed by atoms with E-state index >= 15 is 0 Å². The molecular formula is C22H20F3NO. The summed E-state index contributed by atoms with van der Waals surface area (Å²) in [6, 6.07) is 18.7. The first-order valence-electron chi connectivity index (χ1n) is 8.70. The molecule has 0 saturated carbocycles. The Morgan fingerprint density at radius 1 is 1.00 bits per heavy atom. The van der Waals surface area contributed by atoms with Crippen LogP contribution >= 0.6 is 0 Å². The number of carbonyl (C=O) groups is 1. The lowest BCUT2D eigenvalue weighted by Gasteiger charge is -2.23. The highest BCUT2D eigenvalue weighted by molar-refractivity contribution is 5.87. The van der Waals surface area contributed by atoms with E-state index in [1.165, 1.54) is 6.07 Å². The van der Waals surface area contributed by atoms with Crippen LogP contribution in [0.4, 0.5) is 13.2 Å². The molecule has 2 N–H and O–H groups in total. The fraction of sp³-hybridized carbons (Fsp3) is 0.227. The van der Waals surface area contributed by atoms with Crippen LogP contribution < -0.4 is 5.73 Å². The van der Waals surface area contributed by atoms with E-state index in [1.807, 2.05) is 49.4 Å². The van der Waals surface area contributed by atoms with Gasteiger partial charge in [0.2, 0.25) is 5.91 Å². The fourth-order valence-corrected chi connectivity index (χ4v) is 3.52. The van der Waals surface area contributed by atoms with Crippen LogP contribution in [0.3, 0.4) is 0 Å². The SMILES string of the molecule is CC(c1cccc2ccccc12)[C@@H](Cc1cccc(C(F)(F)F)c1)C(N)=O. The minimum Gasteiger partial charge on any atom is -0.369 e. The maximum Gasteiger partial charge on any atom is 0.416 e. The number of carbonyl (C=O) groups excluding carboxylic acids is 1. The Labute approximate surface area is 155 Å². The highest BCUT2D eigenvalue weighted by Crippen LogP contribution is 2.34. The second-order valence-electron chi connectivity index (χ2n) is 6.77. The molecule has 0 radical (unpaired) electrons. The van der Waals surface area contributed by atoms with Gasteiger partial charge in [-0.2, -0.15) is 13.2 Å². The lowest BCUT2D eigenvalue weighted by atomic mass is 9.81. The van der Waals surface area contributed by atoms with Gasteiger partial charge in [0, 0.05) is 5.92 Å². The van der Waals surface area contributed by atoms with E-state index in [0.29, 0.717) is 5.56 Å². The van der Waals surface area contributed by atoms with Crippen LogP contribution in [0.1, 0.15) is 29.5 Å². The standard InChI is InChI=1S/C22H20F3NO/c1-14(18-11-5-8-16-7-2-3-10-19(16)18)20(21(26)27)13-15-6-4-9-17(12-15)22(23,24)25/h2-12,14,20H,13H2,1H3,(H2,26,27)/t14?,20-/m1/s1. The summed E-state index contributed by atoms with van der Waals surface area (Å²) < 4.78 is 38.9. The summed E-state index contributed by atoms with van der Waals surface area (Å²) >= 11 is 0. The van der Waals surface area contributed by atoms with E-state index in [9.17, 15) is 18.0 Å². The number of rotatable bonds is 5. The molecule has 0 aliphatic carbocycles. The average Bonchev–Trinajstić information content (AvgIpc) is 2.64. The molecule has 3 aromatic carbocycles. The molecule has 0 fully saturated rings. The Kier molecular flexibility index (Phi) is 5.22. The summed E-state index contributed by atoms with van der Waals surface area (Å²) in [7, 11) is 0. The van der Waals surface area contributed by atoms with Crippen molar-refractivity contribution in [2.24, 2.45) is 11.7 Å². The van der Waals surface area contributed by atoms with E-state index < -0.39 is 23.6 Å². The smallest absolute Gasteiger partial charge is 0.369 e. The number of alkyl halides is 3. The quantitative estimate of drug-likeness (QED) is 0.649. The van der Waals surface area contributed by atoms with Gasteiger partial charge in [-0.15, -0.1) is 0 Å². The number of hydrogen-bond donors (Lipinski definition) is 1. The minimum atomic E-state index is -4.42. The lowest BCUT2D eigenvalue weighted by molar-refractivity contribution is -0.137. The van der Waals surface area contributed by atoms with Crippen molar-refractivity contribution in [1.82, 2.24) is 0 Å². The maximum atomic E-state index is 13.0. The molecule has 3 rings (SSSR count). The number of hydrogen-bond acceptors (Lipinski definition) is 1. The first-order valence-corrected chi connectivity index (χ1v) is 8.70. The number of nitrogens with two attached hydrogens (primary N) is 1. The van der Waals surface area contributed by atoms with Gasteiger partial charge in [0.05, 0.1) is 5.56 Å². The molecule has 0 aromatic heterocycles. The number of halogens is 3. The number of benzene rings is 3. The Balaban J connectivity index is 1.95. The Morgan fingerprint density at radius 3 is 2.37 bits per heavy atom. The Bertz CT molecular complexity index is 960. The van der Waals surface area contributed by atoms with E-state index in [0.717, 1.165) is 28.5 Å². The van der Waals surface area contributed by atoms with Crippen molar-refractivity contribution in [1.29, 1.82) is 0 Å². The van der Waals surface area contributed by atoms with Crippen molar-refractivity contribution in [3.63, 3.8) is 0 Å². The van der Waals surface area contributed by atoms with Crippen molar-refractivity contribution in [3.05, 3.63) is 83.4 Å². The Morgan fingerprint density at radius 2 is 1.67 bits per heavy atom. The second kappa shape index (κ2) is 7.43. The third-order valence-corrected chi connectivity index (χ3v) is 4.99. The van der Waals surface area contributed by atoms with Gasteiger partial charge in [-0.3, -0.25) is 4.79 Å². The summed E-state index contributed by atoms with van der Waals surface area (Å²) in [5.74, 6) is -1.37. The zero-order valence-electron chi connectivity index (χ0n) is 14.8. The van der Waals surface area contributed by atoms with Gasteiger partial charge in [0.25, 0.3) is 0 Å². The normalized spacial score (nSPS) is 14.1. The van der Waals surface area contributed by atoms with E-state index in [1.54, 1.807) is 6.07 Å². The van der Waals surface area contributed by atoms with Crippen LogP contribution in [0.25, 0.3) is 10.8 Å². The van der Waals surface area contributed by atoms with E-state index in [4.69, 9.17) is 5.73 Å². The van der Waals surface area contributed by atoms with E-state index in [-0.39, 0.29) is 12.3 Å². The fourth-order valence-electron chi connectivity index (χ4n) is 3.52. The third-order valence-electron chi connectivity index (χ3n) is 4.99. The molecule has 2 nitrogen and oxygen atoms in total. The molecule has 0 aliphatic heterocycles. The van der Waals surface area contributed by atoms with Gasteiger partial charge < -0.3 is 5.73 Å². The van der Waals surface area contributed by atoms with E-state index in [2.05, 4.69) is 0 Å². The van der Waals surface area contributed by atoms with Crippen LogP contribution in [0.15, 0.2) is 66.7 Å². The van der Waals surface area contributed by atoms with Crippen LogP contribution in [-0.2, 0) is 17.4 Å². The zero-order chi connectivity index (χ0) is 19.6. The monoisotopic (exact) mass is 371 g/mol. The van der Waals surface area contributed by atoms with Crippen molar-refractivity contribution >= 4 is 16.7 Å². The van der Waals surface area contributed by atoms with Crippen molar-refractivity contribution in [2.75, 3.05) is 0 Å². The van der Waals surface area contributed by atoms with Crippen molar-refractivity contribution in [2.45, 2.75) is 25.4 Å².